The predicted octanol–water partition coefficient (Wildman–Crippen LogP) is 1.40. The third-order valence-corrected chi connectivity index (χ3v) is 6.26. The first-order valence-electron chi connectivity index (χ1n) is 9.90. The maximum atomic E-state index is 11.6. The molecule has 31 heavy (non-hydrogen) atoms. The van der Waals surface area contributed by atoms with Crippen molar-refractivity contribution in [2.75, 3.05) is 26.7 Å². The van der Waals surface area contributed by atoms with Gasteiger partial charge in [0.15, 0.2) is 0 Å². The number of benzene rings is 1. The quantitative estimate of drug-likeness (QED) is 0.535. The fourth-order valence-corrected chi connectivity index (χ4v) is 4.15. The Kier molecular flexibility index (Phi) is 5.89. The molecular weight excluding hydrogens is 412 g/mol. The van der Waals surface area contributed by atoms with Crippen LogP contribution < -0.4 is 10.5 Å². The molecule has 0 amide bonds. The lowest BCUT2D eigenvalue weighted by Gasteiger charge is -2.32. The Labute approximate surface area is 181 Å². The molecule has 0 aliphatic carbocycles. The van der Waals surface area contributed by atoms with Gasteiger partial charge in [-0.25, -0.2) is 13.6 Å². The standard InChI is InChI=1S/C22H24N6O2S/c1-15-19(7-6-16-4-3-5-18(12-16)31(23,29)30)22(27-26-15)17-8-9-25-20(13-17)21-14-24-10-11-28(21)2/h3-5,8-9,12-13,21,24H,10-11,14H2,1-2H3,(H,26,27)(H2,23,29,30). The minimum atomic E-state index is -3.78. The van der Waals surface area contributed by atoms with Crippen LogP contribution in [0.4, 0.5) is 0 Å². The first-order valence-corrected chi connectivity index (χ1v) is 11.4. The molecule has 0 saturated carbocycles. The van der Waals surface area contributed by atoms with Crippen LogP contribution in [-0.4, -0.2) is 55.2 Å². The van der Waals surface area contributed by atoms with Crippen molar-refractivity contribution in [2.45, 2.75) is 17.9 Å². The minimum Gasteiger partial charge on any atom is -0.313 e. The molecule has 3 aromatic rings. The number of H-pyrrole nitrogens is 1. The second-order valence-corrected chi connectivity index (χ2v) is 9.13. The highest BCUT2D eigenvalue weighted by molar-refractivity contribution is 7.89. The fraction of sp³-hybridized carbons (Fsp3) is 0.273. The topological polar surface area (TPSA) is 117 Å². The van der Waals surface area contributed by atoms with Crippen LogP contribution in [0.1, 0.15) is 28.6 Å². The number of aromatic amines is 1. The highest BCUT2D eigenvalue weighted by Gasteiger charge is 2.22. The summed E-state index contributed by atoms with van der Waals surface area (Å²) >= 11 is 0. The molecule has 1 aromatic carbocycles. The summed E-state index contributed by atoms with van der Waals surface area (Å²) in [4.78, 5) is 6.90. The molecule has 1 atom stereocenters. The molecule has 160 valence electrons. The number of nitrogens with one attached hydrogen (secondary N) is 2. The average molecular weight is 437 g/mol. The molecule has 3 heterocycles. The Bertz CT molecular complexity index is 1270. The van der Waals surface area contributed by atoms with E-state index in [1.807, 2.05) is 13.0 Å². The Morgan fingerprint density at radius 2 is 2.06 bits per heavy atom. The van der Waals surface area contributed by atoms with E-state index in [-0.39, 0.29) is 10.9 Å². The number of hydrogen-bond acceptors (Lipinski definition) is 6. The van der Waals surface area contributed by atoms with Crippen LogP contribution in [0.3, 0.4) is 0 Å². The SMILES string of the molecule is Cc1[nH]nc(-c2ccnc(C3CNCCN3C)c2)c1C#Cc1cccc(S(N)(=O)=O)c1. The molecule has 9 heteroatoms. The van der Waals surface area contributed by atoms with E-state index in [1.54, 1.807) is 18.3 Å². The molecule has 1 fully saturated rings. The first-order chi connectivity index (χ1) is 14.8. The maximum absolute atomic E-state index is 11.6. The number of rotatable bonds is 3. The monoisotopic (exact) mass is 436 g/mol. The fourth-order valence-electron chi connectivity index (χ4n) is 3.59. The van der Waals surface area contributed by atoms with E-state index in [0.29, 0.717) is 5.56 Å². The number of hydrogen-bond donors (Lipinski definition) is 3. The number of primary sulfonamides is 1. The van der Waals surface area contributed by atoms with Crippen LogP contribution in [0.15, 0.2) is 47.5 Å². The normalized spacial score (nSPS) is 17.2. The van der Waals surface area contributed by atoms with Gasteiger partial charge < -0.3 is 5.32 Å². The van der Waals surface area contributed by atoms with Gasteiger partial charge in [0, 0.05) is 42.7 Å². The molecular formula is C22H24N6O2S. The summed E-state index contributed by atoms with van der Waals surface area (Å²) in [6.45, 7) is 4.69. The summed E-state index contributed by atoms with van der Waals surface area (Å²) in [7, 11) is -1.68. The van der Waals surface area contributed by atoms with E-state index in [1.165, 1.54) is 12.1 Å². The van der Waals surface area contributed by atoms with Gasteiger partial charge >= 0.3 is 0 Å². The largest absolute Gasteiger partial charge is 0.313 e. The van der Waals surface area contributed by atoms with Gasteiger partial charge in [0.05, 0.1) is 22.2 Å². The van der Waals surface area contributed by atoms with Gasteiger partial charge in [-0.2, -0.15) is 5.10 Å². The molecule has 1 unspecified atom stereocenters. The minimum absolute atomic E-state index is 0.0347. The van der Waals surface area contributed by atoms with Crippen molar-refractivity contribution in [2.24, 2.45) is 5.14 Å². The summed E-state index contributed by atoms with van der Waals surface area (Å²) in [6, 6.07) is 10.4. The molecule has 8 nitrogen and oxygen atoms in total. The van der Waals surface area contributed by atoms with Crippen LogP contribution in [-0.2, 0) is 10.0 Å². The van der Waals surface area contributed by atoms with Crippen LogP contribution in [0, 0.1) is 18.8 Å². The average Bonchev–Trinajstić information content (AvgIpc) is 3.13. The van der Waals surface area contributed by atoms with Crippen molar-refractivity contribution < 1.29 is 8.42 Å². The van der Waals surface area contributed by atoms with Gasteiger partial charge in [0.25, 0.3) is 0 Å². The van der Waals surface area contributed by atoms with Crippen molar-refractivity contribution >= 4 is 10.0 Å². The third kappa shape index (κ3) is 4.68. The molecule has 0 spiro atoms. The van der Waals surface area contributed by atoms with Crippen molar-refractivity contribution in [1.29, 1.82) is 0 Å². The van der Waals surface area contributed by atoms with Crippen LogP contribution in [0.5, 0.6) is 0 Å². The van der Waals surface area contributed by atoms with Crippen LogP contribution in [0.25, 0.3) is 11.3 Å². The number of aromatic nitrogens is 3. The van der Waals surface area contributed by atoms with Gasteiger partial charge in [-0.05, 0) is 44.3 Å². The lowest BCUT2D eigenvalue weighted by Crippen LogP contribution is -2.44. The summed E-state index contributed by atoms with van der Waals surface area (Å²) in [5, 5.41) is 16.1. The van der Waals surface area contributed by atoms with Gasteiger partial charge in [-0.3, -0.25) is 15.0 Å². The smallest absolute Gasteiger partial charge is 0.238 e. The van der Waals surface area contributed by atoms with Crippen LogP contribution >= 0.6 is 0 Å². The van der Waals surface area contributed by atoms with E-state index in [4.69, 9.17) is 5.14 Å². The van der Waals surface area contributed by atoms with Crippen LogP contribution in [0.2, 0.25) is 0 Å². The van der Waals surface area contributed by atoms with E-state index in [2.05, 4.69) is 50.4 Å². The number of likely N-dealkylation sites (N-methyl/N-ethyl adjacent to an activating group) is 1. The number of aryl methyl sites for hydroxylation is 1. The van der Waals surface area contributed by atoms with Gasteiger partial charge in [0.2, 0.25) is 10.0 Å². The van der Waals surface area contributed by atoms with Gasteiger partial charge in [0.1, 0.15) is 5.69 Å². The predicted molar refractivity (Wildman–Crippen MR) is 119 cm³/mol. The molecule has 1 aliphatic heterocycles. The van der Waals surface area contributed by atoms with Gasteiger partial charge in [-0.1, -0.05) is 17.9 Å². The first kappa shape index (κ1) is 21.2. The summed E-state index contributed by atoms with van der Waals surface area (Å²) < 4.78 is 23.2. The number of sulfonamides is 1. The molecule has 0 radical (unpaired) electrons. The molecule has 4 N–H and O–H groups in total. The Balaban J connectivity index is 1.69. The molecule has 1 aliphatic rings. The third-order valence-electron chi connectivity index (χ3n) is 5.35. The number of piperazine rings is 1. The molecule has 0 bridgehead atoms. The number of pyridine rings is 1. The Morgan fingerprint density at radius 3 is 2.84 bits per heavy atom. The lowest BCUT2D eigenvalue weighted by atomic mass is 10.0. The molecule has 2 aromatic heterocycles. The number of nitrogens with two attached hydrogens (primary N) is 1. The van der Waals surface area contributed by atoms with Crippen molar-refractivity contribution in [1.82, 2.24) is 25.4 Å². The van der Waals surface area contributed by atoms with Crippen molar-refractivity contribution in [3.8, 4) is 23.1 Å². The van der Waals surface area contributed by atoms with E-state index >= 15 is 0 Å². The maximum Gasteiger partial charge on any atom is 0.238 e. The Hall–Kier alpha value is -3.03. The highest BCUT2D eigenvalue weighted by Crippen LogP contribution is 2.27. The van der Waals surface area contributed by atoms with Crippen molar-refractivity contribution in [3.63, 3.8) is 0 Å². The Morgan fingerprint density at radius 1 is 1.23 bits per heavy atom. The van der Waals surface area contributed by atoms with Gasteiger partial charge in [-0.15, -0.1) is 0 Å². The second-order valence-electron chi connectivity index (χ2n) is 7.56. The zero-order valence-corrected chi connectivity index (χ0v) is 18.2. The zero-order chi connectivity index (χ0) is 22.0. The van der Waals surface area contributed by atoms with Crippen molar-refractivity contribution in [3.05, 3.63) is 65.1 Å². The molecule has 4 rings (SSSR count). The summed E-state index contributed by atoms with van der Waals surface area (Å²) in [5.74, 6) is 6.17. The van der Waals surface area contributed by atoms with E-state index < -0.39 is 10.0 Å². The second kappa shape index (κ2) is 8.61. The number of nitrogens with zero attached hydrogens (tertiary/aromatic N) is 3. The zero-order valence-electron chi connectivity index (χ0n) is 17.4. The summed E-state index contributed by atoms with van der Waals surface area (Å²) in [6.07, 6.45) is 1.80. The lowest BCUT2D eigenvalue weighted by molar-refractivity contribution is 0.198. The van der Waals surface area contributed by atoms with E-state index in [9.17, 15) is 8.42 Å². The highest BCUT2D eigenvalue weighted by atomic mass is 32.2. The summed E-state index contributed by atoms with van der Waals surface area (Å²) in [5.41, 5.74) is 4.79. The van der Waals surface area contributed by atoms with E-state index in [0.717, 1.165) is 47.8 Å². The molecule has 1 saturated heterocycles.